The molecule has 5 nitrogen and oxygen atoms in total. The van der Waals surface area contributed by atoms with Gasteiger partial charge in [-0.15, -0.1) is 24.0 Å². The van der Waals surface area contributed by atoms with Crippen LogP contribution in [0.3, 0.4) is 0 Å². The van der Waals surface area contributed by atoms with E-state index in [4.69, 9.17) is 4.74 Å². The molecule has 0 unspecified atom stereocenters. The number of aliphatic imine (C=N–C) groups is 1. The predicted molar refractivity (Wildman–Crippen MR) is 120 cm³/mol. The number of carbonyl (C=O) groups is 1. The maximum absolute atomic E-state index is 13.8. The Balaban J connectivity index is 0.00000364. The van der Waals surface area contributed by atoms with Crippen molar-refractivity contribution in [3.8, 4) is 0 Å². The Bertz CT molecular complexity index is 637. The summed E-state index contributed by atoms with van der Waals surface area (Å²) >= 11 is 3.27. The number of hydrogen-bond donors (Lipinski definition) is 1. The van der Waals surface area contributed by atoms with E-state index in [1.807, 2.05) is 19.1 Å². The van der Waals surface area contributed by atoms with E-state index in [1.54, 1.807) is 7.05 Å². The summed E-state index contributed by atoms with van der Waals surface area (Å²) in [7, 11) is 1.76. The lowest BCUT2D eigenvalue weighted by Crippen LogP contribution is -2.47. The van der Waals surface area contributed by atoms with E-state index in [2.05, 4.69) is 31.1 Å². The lowest BCUT2D eigenvalue weighted by atomic mass is 9.97. The number of carbonyl (C=O) groups excluding carboxylic acids is 1. The molecule has 1 aliphatic rings. The van der Waals surface area contributed by atoms with Crippen molar-refractivity contribution >= 4 is 51.8 Å². The maximum Gasteiger partial charge on any atom is 0.309 e. The van der Waals surface area contributed by atoms with Gasteiger partial charge < -0.3 is 15.0 Å². The molecule has 1 aromatic carbocycles. The SMILES string of the molecule is CCOC(=O)C1CCN(C(=NC)NCCCc2ccc(Br)cc2F)CC1.I. The van der Waals surface area contributed by atoms with Gasteiger partial charge in [-0.25, -0.2) is 4.39 Å². The number of benzene rings is 1. The number of esters is 1. The van der Waals surface area contributed by atoms with Crippen molar-refractivity contribution in [2.75, 3.05) is 33.3 Å². The second-order valence-electron chi connectivity index (χ2n) is 6.33. The number of rotatable bonds is 6. The second-order valence-corrected chi connectivity index (χ2v) is 7.24. The molecule has 0 aromatic heterocycles. The van der Waals surface area contributed by atoms with Crippen molar-refractivity contribution in [1.29, 1.82) is 0 Å². The third-order valence-electron chi connectivity index (χ3n) is 4.55. The number of aryl methyl sites for hydroxylation is 1. The molecule has 1 N–H and O–H groups in total. The molecule has 8 heteroatoms. The first-order valence-electron chi connectivity index (χ1n) is 9.11. The van der Waals surface area contributed by atoms with Gasteiger partial charge in [-0.2, -0.15) is 0 Å². The number of likely N-dealkylation sites (tertiary alicyclic amines) is 1. The van der Waals surface area contributed by atoms with E-state index < -0.39 is 0 Å². The summed E-state index contributed by atoms with van der Waals surface area (Å²) < 4.78 is 19.7. The smallest absolute Gasteiger partial charge is 0.309 e. The number of guanidine groups is 1. The lowest BCUT2D eigenvalue weighted by Gasteiger charge is -2.33. The van der Waals surface area contributed by atoms with Gasteiger partial charge >= 0.3 is 5.97 Å². The van der Waals surface area contributed by atoms with Gasteiger partial charge in [-0.05, 0) is 50.3 Å². The van der Waals surface area contributed by atoms with Gasteiger partial charge in [0.15, 0.2) is 5.96 Å². The first kappa shape index (κ1) is 24.1. The first-order chi connectivity index (χ1) is 12.5. The van der Waals surface area contributed by atoms with Gasteiger partial charge in [0, 0.05) is 31.2 Å². The minimum absolute atomic E-state index is 0. The summed E-state index contributed by atoms with van der Waals surface area (Å²) in [6.45, 7) is 4.55. The molecule has 0 spiro atoms. The molecule has 0 aliphatic carbocycles. The summed E-state index contributed by atoms with van der Waals surface area (Å²) in [5.41, 5.74) is 0.722. The quantitative estimate of drug-likeness (QED) is 0.190. The number of halogens is 3. The molecule has 0 saturated carbocycles. The van der Waals surface area contributed by atoms with E-state index >= 15 is 0 Å². The van der Waals surface area contributed by atoms with Crippen molar-refractivity contribution in [1.82, 2.24) is 10.2 Å². The molecule has 27 heavy (non-hydrogen) atoms. The number of piperidine rings is 1. The third-order valence-corrected chi connectivity index (χ3v) is 5.04. The van der Waals surface area contributed by atoms with E-state index in [0.717, 1.165) is 54.9 Å². The highest BCUT2D eigenvalue weighted by atomic mass is 127. The van der Waals surface area contributed by atoms with E-state index in [9.17, 15) is 9.18 Å². The van der Waals surface area contributed by atoms with E-state index in [-0.39, 0.29) is 41.7 Å². The van der Waals surface area contributed by atoms with Crippen LogP contribution in [0.2, 0.25) is 0 Å². The summed E-state index contributed by atoms with van der Waals surface area (Å²) in [5.74, 6) is 0.560. The van der Waals surface area contributed by atoms with Crippen LogP contribution in [0.25, 0.3) is 0 Å². The van der Waals surface area contributed by atoms with Crippen molar-refractivity contribution in [3.63, 3.8) is 0 Å². The fourth-order valence-corrected chi connectivity index (χ4v) is 3.46. The molecule has 1 fully saturated rings. The fourth-order valence-electron chi connectivity index (χ4n) is 3.12. The molecular formula is C19H28BrFIN3O2. The minimum atomic E-state index is -0.176. The fraction of sp³-hybridized carbons (Fsp3) is 0.579. The van der Waals surface area contributed by atoms with E-state index in [1.165, 1.54) is 6.07 Å². The molecule has 2 rings (SSSR count). The Hall–Kier alpha value is -0.900. The molecule has 0 amide bonds. The normalized spacial score (nSPS) is 15.3. The second kappa shape index (κ2) is 12.5. The average molecular weight is 556 g/mol. The summed E-state index contributed by atoms with van der Waals surface area (Å²) in [6.07, 6.45) is 3.05. The highest BCUT2D eigenvalue weighted by Gasteiger charge is 2.27. The molecule has 1 aromatic rings. The van der Waals surface area contributed by atoms with Crippen molar-refractivity contribution in [2.24, 2.45) is 10.9 Å². The van der Waals surface area contributed by atoms with Crippen molar-refractivity contribution in [3.05, 3.63) is 34.1 Å². The molecule has 0 bridgehead atoms. The van der Waals surface area contributed by atoms with Gasteiger partial charge in [0.25, 0.3) is 0 Å². The van der Waals surface area contributed by atoms with Gasteiger partial charge in [0.2, 0.25) is 0 Å². The Morgan fingerprint density at radius 1 is 1.41 bits per heavy atom. The van der Waals surface area contributed by atoms with Crippen LogP contribution in [0.4, 0.5) is 4.39 Å². The molecule has 0 radical (unpaired) electrons. The molecular weight excluding hydrogens is 528 g/mol. The number of nitrogens with zero attached hydrogens (tertiary/aromatic N) is 2. The van der Waals surface area contributed by atoms with Crippen LogP contribution in [-0.4, -0.2) is 50.1 Å². The molecule has 0 atom stereocenters. The zero-order chi connectivity index (χ0) is 18.9. The summed E-state index contributed by atoms with van der Waals surface area (Å²) in [5, 5.41) is 3.34. The number of nitrogens with one attached hydrogen (secondary N) is 1. The maximum atomic E-state index is 13.8. The van der Waals surface area contributed by atoms with Gasteiger partial charge in [-0.3, -0.25) is 9.79 Å². The van der Waals surface area contributed by atoms with Crippen LogP contribution < -0.4 is 5.32 Å². The zero-order valence-electron chi connectivity index (χ0n) is 15.8. The van der Waals surface area contributed by atoms with Crippen LogP contribution in [0.5, 0.6) is 0 Å². The minimum Gasteiger partial charge on any atom is -0.466 e. The highest BCUT2D eigenvalue weighted by Crippen LogP contribution is 2.19. The topological polar surface area (TPSA) is 53.9 Å². The predicted octanol–water partition coefficient (Wildman–Crippen LogP) is 3.99. The Kier molecular flexibility index (Phi) is 11.2. The van der Waals surface area contributed by atoms with Crippen LogP contribution in [0.1, 0.15) is 31.7 Å². The Morgan fingerprint density at radius 2 is 2.11 bits per heavy atom. The van der Waals surface area contributed by atoms with Crippen LogP contribution >= 0.6 is 39.9 Å². The average Bonchev–Trinajstić information content (AvgIpc) is 2.64. The van der Waals surface area contributed by atoms with Gasteiger partial charge in [0.1, 0.15) is 5.82 Å². The van der Waals surface area contributed by atoms with Crippen LogP contribution in [0, 0.1) is 11.7 Å². The number of ether oxygens (including phenoxy) is 1. The van der Waals surface area contributed by atoms with Gasteiger partial charge in [0.05, 0.1) is 12.5 Å². The summed E-state index contributed by atoms with van der Waals surface area (Å²) in [6, 6.07) is 5.17. The molecule has 152 valence electrons. The van der Waals surface area contributed by atoms with Crippen LogP contribution in [0.15, 0.2) is 27.7 Å². The first-order valence-corrected chi connectivity index (χ1v) is 9.90. The standard InChI is InChI=1S/C19H27BrFN3O2.HI/c1-3-26-18(25)15-8-11-24(12-9-15)19(22-2)23-10-4-5-14-6-7-16(20)13-17(14)21;/h6-7,13,15H,3-5,8-12H2,1-2H3,(H,22,23);1H. The Labute approximate surface area is 186 Å². The Morgan fingerprint density at radius 3 is 2.70 bits per heavy atom. The van der Waals surface area contributed by atoms with Crippen LogP contribution in [-0.2, 0) is 16.0 Å². The number of hydrogen-bond acceptors (Lipinski definition) is 3. The molecule has 1 aliphatic heterocycles. The van der Waals surface area contributed by atoms with Crippen molar-refractivity contribution < 1.29 is 13.9 Å². The molecule has 1 saturated heterocycles. The third kappa shape index (κ3) is 7.56. The summed E-state index contributed by atoms with van der Waals surface area (Å²) in [4.78, 5) is 18.3. The highest BCUT2D eigenvalue weighted by molar-refractivity contribution is 14.0. The molecule has 1 heterocycles. The monoisotopic (exact) mass is 555 g/mol. The van der Waals surface area contributed by atoms with Crippen molar-refractivity contribution in [2.45, 2.75) is 32.6 Å². The van der Waals surface area contributed by atoms with Gasteiger partial charge in [-0.1, -0.05) is 22.0 Å². The lowest BCUT2D eigenvalue weighted by molar-refractivity contribution is -0.149. The van der Waals surface area contributed by atoms with E-state index in [0.29, 0.717) is 13.0 Å². The largest absolute Gasteiger partial charge is 0.466 e. The zero-order valence-corrected chi connectivity index (χ0v) is 19.8.